The molecule has 0 unspecified atom stereocenters. The predicted octanol–water partition coefficient (Wildman–Crippen LogP) is 3.68. The fourth-order valence-corrected chi connectivity index (χ4v) is 3.10. The van der Waals surface area contributed by atoms with E-state index < -0.39 is 21.4 Å². The number of H-pyrrole nitrogens is 2. The van der Waals surface area contributed by atoms with Gasteiger partial charge in [-0.2, -0.15) is 31.8 Å². The van der Waals surface area contributed by atoms with Crippen molar-refractivity contribution in [1.29, 1.82) is 0 Å². The van der Waals surface area contributed by atoms with E-state index in [-0.39, 0.29) is 11.1 Å². The summed E-state index contributed by atoms with van der Waals surface area (Å²) >= 11 is 0. The molecule has 0 bridgehead atoms. The highest BCUT2D eigenvalue weighted by Gasteiger charge is 2.48. The molecule has 0 amide bonds. The molecule has 0 radical (unpaired) electrons. The Hall–Kier alpha value is -3.28. The molecule has 4 rings (SSSR count). The molecular formula is C17H15F3N4O4S. The Morgan fingerprint density at radius 1 is 0.931 bits per heavy atom. The number of fused-ring (bicyclic) bond motifs is 2. The number of phenols is 1. The monoisotopic (exact) mass is 428 g/mol. The number of benzene rings is 2. The second-order valence-corrected chi connectivity index (χ2v) is 7.54. The highest BCUT2D eigenvalue weighted by Crippen LogP contribution is 2.32. The van der Waals surface area contributed by atoms with Gasteiger partial charge in [0.1, 0.15) is 5.75 Å². The molecule has 2 aromatic heterocycles. The number of alkyl halides is 3. The molecule has 0 saturated carbocycles. The number of aryl methyl sites for hydroxylation is 2. The van der Waals surface area contributed by atoms with Crippen molar-refractivity contribution >= 4 is 31.9 Å². The first-order valence-electron chi connectivity index (χ1n) is 8.08. The minimum absolute atomic E-state index is 0.199. The normalized spacial score (nSPS) is 12.0. The maximum atomic E-state index is 12.2. The quantitative estimate of drug-likeness (QED) is 0.331. The highest BCUT2D eigenvalue weighted by molar-refractivity contribution is 7.88. The van der Waals surface area contributed by atoms with Crippen molar-refractivity contribution < 1.29 is 30.9 Å². The molecule has 0 aliphatic carbocycles. The molecule has 154 valence electrons. The molecule has 29 heavy (non-hydrogen) atoms. The zero-order chi connectivity index (χ0) is 21.4. The number of hydrogen-bond donors (Lipinski definition) is 3. The first kappa shape index (κ1) is 20.5. The zero-order valence-corrected chi connectivity index (χ0v) is 15.9. The van der Waals surface area contributed by atoms with Gasteiger partial charge in [-0.1, -0.05) is 12.1 Å². The van der Waals surface area contributed by atoms with E-state index in [1.807, 2.05) is 13.0 Å². The third kappa shape index (κ3) is 3.97. The van der Waals surface area contributed by atoms with Gasteiger partial charge in [0.15, 0.2) is 5.75 Å². The SMILES string of the molecule is Cc1[nH]nc2cccc(O)c12.Cc1[nH]nc2cccc(OS(=O)(=O)C(F)(F)F)c12. The molecule has 12 heteroatoms. The molecule has 4 aromatic rings. The van der Waals surface area contributed by atoms with Crippen molar-refractivity contribution in [3.8, 4) is 11.5 Å². The summed E-state index contributed by atoms with van der Waals surface area (Å²) < 4.78 is 62.6. The lowest BCUT2D eigenvalue weighted by Crippen LogP contribution is -2.28. The molecular weight excluding hydrogens is 413 g/mol. The summed E-state index contributed by atoms with van der Waals surface area (Å²) in [5, 5.41) is 23.5. The second kappa shape index (κ2) is 7.28. The third-order valence-corrected chi connectivity index (χ3v) is 4.91. The molecule has 0 spiro atoms. The molecule has 0 aliphatic rings. The Balaban J connectivity index is 0.000000186. The van der Waals surface area contributed by atoms with Crippen LogP contribution in [0.1, 0.15) is 11.4 Å². The Morgan fingerprint density at radius 2 is 1.45 bits per heavy atom. The number of phenolic OH excluding ortho intramolecular Hbond substituents is 1. The van der Waals surface area contributed by atoms with Gasteiger partial charge >= 0.3 is 15.6 Å². The maximum Gasteiger partial charge on any atom is 0.534 e. The van der Waals surface area contributed by atoms with Crippen LogP contribution in [0.4, 0.5) is 13.2 Å². The number of aromatic hydroxyl groups is 1. The van der Waals surface area contributed by atoms with Gasteiger partial charge in [0.05, 0.1) is 21.8 Å². The van der Waals surface area contributed by atoms with Gasteiger partial charge in [-0.25, -0.2) is 0 Å². The molecule has 3 N–H and O–H groups in total. The molecule has 0 atom stereocenters. The molecule has 0 fully saturated rings. The van der Waals surface area contributed by atoms with Gasteiger partial charge in [0, 0.05) is 11.4 Å². The van der Waals surface area contributed by atoms with E-state index in [0.29, 0.717) is 11.2 Å². The molecule has 0 aliphatic heterocycles. The van der Waals surface area contributed by atoms with E-state index in [0.717, 1.165) is 22.7 Å². The number of halogens is 3. The lowest BCUT2D eigenvalue weighted by atomic mass is 10.2. The van der Waals surface area contributed by atoms with E-state index in [1.54, 1.807) is 19.1 Å². The van der Waals surface area contributed by atoms with E-state index >= 15 is 0 Å². The molecule has 8 nitrogen and oxygen atoms in total. The Labute approximate surface area is 162 Å². The van der Waals surface area contributed by atoms with Gasteiger partial charge in [0.2, 0.25) is 0 Å². The van der Waals surface area contributed by atoms with Crippen molar-refractivity contribution in [1.82, 2.24) is 20.4 Å². The summed E-state index contributed by atoms with van der Waals surface area (Å²) in [4.78, 5) is 0. The topological polar surface area (TPSA) is 121 Å². The van der Waals surface area contributed by atoms with Crippen molar-refractivity contribution in [2.75, 3.05) is 0 Å². The smallest absolute Gasteiger partial charge is 0.507 e. The fraction of sp³-hybridized carbons (Fsp3) is 0.176. The van der Waals surface area contributed by atoms with Crippen LogP contribution in [-0.2, 0) is 10.1 Å². The Bertz CT molecular complexity index is 1280. The predicted molar refractivity (Wildman–Crippen MR) is 98.9 cm³/mol. The number of rotatable bonds is 2. The van der Waals surface area contributed by atoms with E-state index in [4.69, 9.17) is 0 Å². The zero-order valence-electron chi connectivity index (χ0n) is 15.1. The summed E-state index contributed by atoms with van der Waals surface area (Å²) in [7, 11) is -5.68. The van der Waals surface area contributed by atoms with Gasteiger partial charge in [-0.3, -0.25) is 10.2 Å². The summed E-state index contributed by atoms with van der Waals surface area (Å²) in [6.07, 6.45) is 0. The van der Waals surface area contributed by atoms with E-state index in [9.17, 15) is 26.7 Å². The average molecular weight is 428 g/mol. The van der Waals surface area contributed by atoms with Crippen LogP contribution in [0.5, 0.6) is 11.5 Å². The summed E-state index contributed by atoms with van der Waals surface area (Å²) in [6, 6.07) is 9.30. The van der Waals surface area contributed by atoms with Crippen molar-refractivity contribution in [2.24, 2.45) is 0 Å². The number of aromatic nitrogens is 4. The number of hydrogen-bond acceptors (Lipinski definition) is 6. The number of nitrogens with zero attached hydrogens (tertiary/aromatic N) is 2. The summed E-state index contributed by atoms with van der Waals surface area (Å²) in [6.45, 7) is 3.43. The molecule has 0 saturated heterocycles. The standard InChI is InChI=1S/C9H7F3N2O3S.C8H8N2O/c1-5-8-6(14-13-5)3-2-4-7(8)17-18(15,16)9(10,11)12;1-5-8-6(10-9-5)3-2-4-7(8)11/h2-4H,1H3,(H,13,14);2-4,11H,1H3,(H,9,10). The van der Waals surface area contributed by atoms with Crippen LogP contribution in [0.25, 0.3) is 21.8 Å². The minimum atomic E-state index is -5.68. The van der Waals surface area contributed by atoms with Crippen LogP contribution >= 0.6 is 0 Å². The summed E-state index contributed by atoms with van der Waals surface area (Å²) in [5.41, 5.74) is -3.02. The third-order valence-electron chi connectivity index (χ3n) is 3.95. The van der Waals surface area contributed by atoms with Crippen LogP contribution in [0, 0.1) is 13.8 Å². The molecule has 2 aromatic carbocycles. The number of aromatic amines is 2. The van der Waals surface area contributed by atoms with E-state index in [2.05, 4.69) is 24.6 Å². The van der Waals surface area contributed by atoms with E-state index in [1.165, 1.54) is 12.1 Å². The second-order valence-electron chi connectivity index (χ2n) is 6.00. The van der Waals surface area contributed by atoms with Crippen LogP contribution in [0.3, 0.4) is 0 Å². The van der Waals surface area contributed by atoms with Crippen LogP contribution < -0.4 is 4.18 Å². The molecule has 2 heterocycles. The average Bonchev–Trinajstić information content (AvgIpc) is 3.19. The maximum absolute atomic E-state index is 12.2. The van der Waals surface area contributed by atoms with Crippen molar-refractivity contribution in [3.05, 3.63) is 47.8 Å². The summed E-state index contributed by atoms with van der Waals surface area (Å²) in [5.74, 6) is -0.121. The lowest BCUT2D eigenvalue weighted by Gasteiger charge is -2.10. The van der Waals surface area contributed by atoms with Crippen LogP contribution in [-0.4, -0.2) is 39.4 Å². The van der Waals surface area contributed by atoms with Gasteiger partial charge < -0.3 is 9.29 Å². The largest absolute Gasteiger partial charge is 0.534 e. The Morgan fingerprint density at radius 3 is 2.00 bits per heavy atom. The first-order valence-corrected chi connectivity index (χ1v) is 9.49. The minimum Gasteiger partial charge on any atom is -0.507 e. The highest BCUT2D eigenvalue weighted by atomic mass is 32.2. The number of nitrogens with one attached hydrogen (secondary N) is 2. The van der Waals surface area contributed by atoms with Crippen LogP contribution in [0.2, 0.25) is 0 Å². The van der Waals surface area contributed by atoms with Gasteiger partial charge in [-0.15, -0.1) is 0 Å². The van der Waals surface area contributed by atoms with Crippen molar-refractivity contribution in [2.45, 2.75) is 19.4 Å². The fourth-order valence-electron chi connectivity index (χ4n) is 2.63. The lowest BCUT2D eigenvalue weighted by molar-refractivity contribution is -0.0499. The van der Waals surface area contributed by atoms with Gasteiger partial charge in [0.25, 0.3) is 0 Å². The van der Waals surface area contributed by atoms with Crippen LogP contribution in [0.15, 0.2) is 36.4 Å². The first-order chi connectivity index (χ1) is 13.5. The van der Waals surface area contributed by atoms with Crippen molar-refractivity contribution in [3.63, 3.8) is 0 Å². The Kier molecular flexibility index (Phi) is 5.13. The van der Waals surface area contributed by atoms with Gasteiger partial charge in [-0.05, 0) is 38.1 Å².